The van der Waals surface area contributed by atoms with Crippen molar-refractivity contribution in [2.75, 3.05) is 13.1 Å². The number of aliphatic carboxylic acids is 1. The minimum Gasteiger partial charge on any atom is -0.480 e. The van der Waals surface area contributed by atoms with Crippen LogP contribution in [0.1, 0.15) is 50.7 Å². The highest BCUT2D eigenvalue weighted by Crippen LogP contribution is 2.33. The van der Waals surface area contributed by atoms with Crippen LogP contribution in [0.15, 0.2) is 24.3 Å². The van der Waals surface area contributed by atoms with Crippen LogP contribution in [-0.4, -0.2) is 34.6 Å². The van der Waals surface area contributed by atoms with Gasteiger partial charge < -0.3 is 5.11 Å². The quantitative estimate of drug-likeness (QED) is 0.916. The lowest BCUT2D eigenvalue weighted by atomic mass is 9.82. The molecule has 0 aliphatic heterocycles. The van der Waals surface area contributed by atoms with Crippen LogP contribution in [0.4, 0.5) is 0 Å². The van der Waals surface area contributed by atoms with E-state index in [4.69, 9.17) is 5.11 Å². The summed E-state index contributed by atoms with van der Waals surface area (Å²) >= 11 is 0. The van der Waals surface area contributed by atoms with E-state index >= 15 is 0 Å². The second kappa shape index (κ2) is 5.96. The minimum absolute atomic E-state index is 0.113. The minimum atomic E-state index is -0.746. The second-order valence-electron chi connectivity index (χ2n) is 6.73. The molecule has 1 aliphatic rings. The molecular formula is C17H25NO2. The van der Waals surface area contributed by atoms with E-state index in [0.717, 1.165) is 19.4 Å². The first-order chi connectivity index (χ1) is 9.38. The van der Waals surface area contributed by atoms with Crippen molar-refractivity contribution >= 4 is 5.97 Å². The molecule has 0 heterocycles. The van der Waals surface area contributed by atoms with Gasteiger partial charge in [0, 0.05) is 12.1 Å². The van der Waals surface area contributed by atoms with Crippen molar-refractivity contribution < 1.29 is 9.90 Å². The van der Waals surface area contributed by atoms with Gasteiger partial charge in [-0.3, -0.25) is 9.69 Å². The lowest BCUT2D eigenvalue weighted by Crippen LogP contribution is -2.46. The molecule has 0 radical (unpaired) electrons. The Morgan fingerprint density at radius 2 is 2.05 bits per heavy atom. The van der Waals surface area contributed by atoms with Gasteiger partial charge in [-0.1, -0.05) is 24.3 Å². The monoisotopic (exact) mass is 275 g/mol. The van der Waals surface area contributed by atoms with Gasteiger partial charge in [0.05, 0.1) is 6.54 Å². The van der Waals surface area contributed by atoms with Crippen molar-refractivity contribution in [1.82, 2.24) is 4.90 Å². The Balaban J connectivity index is 2.17. The van der Waals surface area contributed by atoms with Crippen LogP contribution in [0.3, 0.4) is 0 Å². The van der Waals surface area contributed by atoms with E-state index in [1.165, 1.54) is 17.5 Å². The summed E-state index contributed by atoms with van der Waals surface area (Å²) in [6, 6.07) is 8.61. The van der Waals surface area contributed by atoms with E-state index in [1.54, 1.807) is 0 Å². The molecule has 0 fully saturated rings. The zero-order valence-electron chi connectivity index (χ0n) is 12.7. The Hall–Kier alpha value is -1.35. The summed E-state index contributed by atoms with van der Waals surface area (Å²) in [6.07, 6.45) is 3.51. The zero-order chi connectivity index (χ0) is 14.8. The summed E-state index contributed by atoms with van der Waals surface area (Å²) in [6.45, 7) is 7.20. The fourth-order valence-corrected chi connectivity index (χ4v) is 3.05. The van der Waals surface area contributed by atoms with Gasteiger partial charge in [-0.2, -0.15) is 0 Å². The van der Waals surface area contributed by atoms with E-state index in [-0.39, 0.29) is 12.1 Å². The predicted molar refractivity (Wildman–Crippen MR) is 81.1 cm³/mol. The molecule has 3 heteroatoms. The highest BCUT2D eigenvalue weighted by Gasteiger charge is 2.28. The molecule has 2 rings (SSSR count). The van der Waals surface area contributed by atoms with Crippen molar-refractivity contribution in [2.45, 2.75) is 51.5 Å². The Morgan fingerprint density at radius 3 is 2.70 bits per heavy atom. The van der Waals surface area contributed by atoms with Crippen LogP contribution < -0.4 is 0 Å². The van der Waals surface area contributed by atoms with Gasteiger partial charge >= 0.3 is 5.97 Å². The van der Waals surface area contributed by atoms with Gasteiger partial charge in [-0.15, -0.1) is 0 Å². The van der Waals surface area contributed by atoms with Crippen molar-refractivity contribution in [1.29, 1.82) is 0 Å². The Labute approximate surface area is 121 Å². The largest absolute Gasteiger partial charge is 0.480 e. The number of hydrogen-bond donors (Lipinski definition) is 1. The number of carbonyl (C=O) groups is 1. The smallest absolute Gasteiger partial charge is 0.317 e. The predicted octanol–water partition coefficient (Wildman–Crippen LogP) is 3.29. The summed E-state index contributed by atoms with van der Waals surface area (Å²) < 4.78 is 0. The Kier molecular flexibility index (Phi) is 4.48. The Morgan fingerprint density at radius 1 is 1.35 bits per heavy atom. The maximum absolute atomic E-state index is 11.1. The number of aryl methyl sites for hydroxylation is 1. The first kappa shape index (κ1) is 15.0. The summed E-state index contributed by atoms with van der Waals surface area (Å²) in [5.74, 6) is -0.289. The van der Waals surface area contributed by atoms with Crippen LogP contribution in [0.2, 0.25) is 0 Å². The van der Waals surface area contributed by atoms with E-state index in [1.807, 2.05) is 0 Å². The number of rotatable bonds is 4. The average molecular weight is 275 g/mol. The topological polar surface area (TPSA) is 40.5 Å². The molecule has 0 amide bonds. The molecule has 110 valence electrons. The van der Waals surface area contributed by atoms with Gasteiger partial charge in [0.25, 0.3) is 0 Å². The molecule has 1 aliphatic carbocycles. The van der Waals surface area contributed by atoms with Crippen LogP contribution in [0.5, 0.6) is 0 Å². The molecule has 0 bridgehead atoms. The molecule has 0 saturated heterocycles. The lowest BCUT2D eigenvalue weighted by Gasteiger charge is -2.38. The van der Waals surface area contributed by atoms with Gasteiger partial charge in [0.15, 0.2) is 0 Å². The van der Waals surface area contributed by atoms with E-state index in [0.29, 0.717) is 5.92 Å². The van der Waals surface area contributed by atoms with Crippen LogP contribution in [0.25, 0.3) is 0 Å². The summed E-state index contributed by atoms with van der Waals surface area (Å²) in [7, 11) is 0. The second-order valence-corrected chi connectivity index (χ2v) is 6.73. The summed E-state index contributed by atoms with van der Waals surface area (Å²) in [5.41, 5.74) is 2.73. The van der Waals surface area contributed by atoms with Gasteiger partial charge in [-0.05, 0) is 57.1 Å². The normalized spacial score (nSPS) is 18.9. The van der Waals surface area contributed by atoms with Crippen LogP contribution >= 0.6 is 0 Å². The van der Waals surface area contributed by atoms with Gasteiger partial charge in [0.1, 0.15) is 0 Å². The number of fused-ring (bicyclic) bond motifs is 1. The molecule has 1 aromatic carbocycles. The maximum Gasteiger partial charge on any atom is 0.317 e. The van der Waals surface area contributed by atoms with E-state index in [9.17, 15) is 4.79 Å². The number of carboxylic acids is 1. The summed E-state index contributed by atoms with van der Waals surface area (Å²) in [4.78, 5) is 13.2. The molecule has 1 aromatic rings. The standard InChI is InChI=1S/C17H25NO2/c1-17(2,3)18(12-16(19)20)11-14-9-6-8-13-7-4-5-10-15(13)14/h4-5,7,10,14H,6,8-9,11-12H2,1-3H3,(H,19,20). The highest BCUT2D eigenvalue weighted by atomic mass is 16.4. The van der Waals surface area contributed by atoms with Gasteiger partial charge in [0.2, 0.25) is 0 Å². The Bertz CT molecular complexity index is 476. The third-order valence-electron chi connectivity index (χ3n) is 4.21. The number of hydrogen-bond acceptors (Lipinski definition) is 2. The third kappa shape index (κ3) is 3.60. The van der Waals surface area contributed by atoms with Crippen LogP contribution in [0, 0.1) is 0 Å². The molecular weight excluding hydrogens is 250 g/mol. The molecule has 3 nitrogen and oxygen atoms in total. The SMILES string of the molecule is CC(C)(C)N(CC(=O)O)CC1CCCc2ccccc21. The summed E-state index contributed by atoms with van der Waals surface area (Å²) in [5, 5.41) is 9.13. The van der Waals surface area contributed by atoms with Crippen molar-refractivity contribution in [2.24, 2.45) is 0 Å². The highest BCUT2D eigenvalue weighted by molar-refractivity contribution is 5.69. The fourth-order valence-electron chi connectivity index (χ4n) is 3.05. The molecule has 0 aromatic heterocycles. The number of carboxylic acid groups (broad SMARTS) is 1. The van der Waals surface area contributed by atoms with Crippen molar-refractivity contribution in [3.8, 4) is 0 Å². The first-order valence-corrected chi connectivity index (χ1v) is 7.42. The third-order valence-corrected chi connectivity index (χ3v) is 4.21. The molecule has 1 unspecified atom stereocenters. The van der Waals surface area contributed by atoms with E-state index < -0.39 is 5.97 Å². The average Bonchev–Trinajstić information content (AvgIpc) is 2.37. The first-order valence-electron chi connectivity index (χ1n) is 7.42. The molecule has 0 spiro atoms. The van der Waals surface area contributed by atoms with E-state index in [2.05, 4.69) is 49.9 Å². The molecule has 1 N–H and O–H groups in total. The number of benzene rings is 1. The maximum atomic E-state index is 11.1. The zero-order valence-corrected chi connectivity index (χ0v) is 12.7. The fraction of sp³-hybridized carbons (Fsp3) is 0.588. The molecule has 1 atom stereocenters. The van der Waals surface area contributed by atoms with Crippen molar-refractivity contribution in [3.63, 3.8) is 0 Å². The molecule has 20 heavy (non-hydrogen) atoms. The van der Waals surface area contributed by atoms with Gasteiger partial charge in [-0.25, -0.2) is 0 Å². The molecule has 0 saturated carbocycles. The van der Waals surface area contributed by atoms with Crippen molar-refractivity contribution in [3.05, 3.63) is 35.4 Å². The lowest BCUT2D eigenvalue weighted by molar-refractivity contribution is -0.139. The number of nitrogens with zero attached hydrogens (tertiary/aromatic N) is 1. The van der Waals surface area contributed by atoms with Crippen LogP contribution in [-0.2, 0) is 11.2 Å².